The van der Waals surface area contributed by atoms with Gasteiger partial charge in [-0.25, -0.2) is 0 Å². The topological polar surface area (TPSA) is 144 Å². The minimum atomic E-state index is -1.17. The summed E-state index contributed by atoms with van der Waals surface area (Å²) in [5.41, 5.74) is -1.90. The smallest absolute Gasteiger partial charge is 0.259 e. The van der Waals surface area contributed by atoms with Crippen molar-refractivity contribution in [2.75, 3.05) is 13.1 Å². The quantitative estimate of drug-likeness (QED) is 0.438. The molecule has 5 N–H and O–H groups in total. The lowest BCUT2D eigenvalue weighted by molar-refractivity contribution is -0.276. The van der Waals surface area contributed by atoms with Gasteiger partial charge in [0.25, 0.3) is 11.1 Å². The van der Waals surface area contributed by atoms with Crippen molar-refractivity contribution in [3.05, 3.63) is 77.3 Å². The van der Waals surface area contributed by atoms with Crippen molar-refractivity contribution in [3.8, 4) is 11.8 Å². The van der Waals surface area contributed by atoms with E-state index in [2.05, 4.69) is 24.8 Å². The molecule has 2 aliphatic rings. The molecule has 2 unspecified atom stereocenters. The Morgan fingerprint density at radius 1 is 1.06 bits per heavy atom. The molecule has 1 saturated heterocycles. The molecule has 0 spiro atoms. The Balaban J connectivity index is 2.03. The predicted molar refractivity (Wildman–Crippen MR) is 118 cm³/mol. The molecule has 162 valence electrons. The van der Waals surface area contributed by atoms with E-state index >= 15 is 0 Å². The van der Waals surface area contributed by atoms with Crippen LogP contribution in [0, 0.1) is 9.54 Å². The Hall–Kier alpha value is -3.02. The molecule has 0 aromatic carbocycles. The Bertz CT molecular complexity index is 1290. The maximum atomic E-state index is 12.8. The van der Waals surface area contributed by atoms with Gasteiger partial charge in [-0.2, -0.15) is 0 Å². The molecule has 1 aliphatic heterocycles. The summed E-state index contributed by atoms with van der Waals surface area (Å²) in [5.74, 6) is -2.43. The van der Waals surface area contributed by atoms with E-state index < -0.39 is 34.3 Å². The zero-order valence-electron chi connectivity index (χ0n) is 16.5. The number of aromatic nitrogens is 4. The van der Waals surface area contributed by atoms with E-state index in [1.807, 2.05) is 25.2 Å². The van der Waals surface area contributed by atoms with Crippen molar-refractivity contribution in [2.24, 2.45) is 0 Å². The number of hydrogen-bond acceptors (Lipinski definition) is 7. The van der Waals surface area contributed by atoms with Gasteiger partial charge in [0.05, 0.1) is 17.0 Å². The lowest BCUT2D eigenvalue weighted by atomic mass is 9.83. The number of aromatic amines is 4. The summed E-state index contributed by atoms with van der Waals surface area (Å²) in [7, 11) is 0. The van der Waals surface area contributed by atoms with Crippen molar-refractivity contribution in [1.29, 1.82) is 0 Å². The molecule has 2 aromatic rings. The van der Waals surface area contributed by atoms with Gasteiger partial charge in [-0.15, -0.1) is 0 Å². The van der Waals surface area contributed by atoms with Crippen LogP contribution in [0.1, 0.15) is 30.4 Å². The zero-order chi connectivity index (χ0) is 22.3. The molecular weight excluding hydrogens is 438 g/mol. The fraction of sp³-hybridized carbons (Fsp3) is 0.300. The summed E-state index contributed by atoms with van der Waals surface area (Å²) >= 11 is 9.82. The molecule has 3 heterocycles. The van der Waals surface area contributed by atoms with E-state index in [0.717, 1.165) is 19.5 Å². The summed E-state index contributed by atoms with van der Waals surface area (Å²) in [5, 5.41) is 23.4. The standard InChI is InChI=1S/C20H21N5O4S2/c1-20(25-7-4-8-25)6-3-2-5-10(9-20)11(12-14(26)21-18(30)22-15(12)27)13-16(28)23-19(31)24-17(13)29/h2-3,5-6,9,11H,4,7-8H2,1H3,(H3,21,22,26,27,30)(H3,23,24,28,29,31)/p-1. The molecule has 31 heavy (non-hydrogen) atoms. The van der Waals surface area contributed by atoms with Gasteiger partial charge in [-0.3, -0.25) is 24.5 Å². The third kappa shape index (κ3) is 3.87. The highest BCUT2D eigenvalue weighted by atomic mass is 32.1. The number of hydrogen-bond donors (Lipinski definition) is 5. The number of aromatic hydroxyl groups is 1. The first-order chi connectivity index (χ1) is 14.7. The Morgan fingerprint density at radius 2 is 1.71 bits per heavy atom. The van der Waals surface area contributed by atoms with Crippen LogP contribution in [0.4, 0.5) is 0 Å². The Labute approximate surface area is 186 Å². The number of rotatable bonds is 4. The molecule has 0 radical (unpaired) electrons. The van der Waals surface area contributed by atoms with Crippen molar-refractivity contribution >= 4 is 24.4 Å². The molecule has 1 aliphatic carbocycles. The summed E-state index contributed by atoms with van der Waals surface area (Å²) in [6.07, 6.45) is 10.3. The second-order valence-corrected chi connectivity index (χ2v) is 8.50. The van der Waals surface area contributed by atoms with Crippen LogP contribution in [0.2, 0.25) is 0 Å². The van der Waals surface area contributed by atoms with Crippen LogP contribution in [0.3, 0.4) is 0 Å². The number of allylic oxidation sites excluding steroid dienone is 4. The van der Waals surface area contributed by atoms with E-state index in [1.54, 1.807) is 12.2 Å². The zero-order valence-corrected chi connectivity index (χ0v) is 18.2. The monoisotopic (exact) mass is 458 g/mol. The Morgan fingerprint density at radius 3 is 2.29 bits per heavy atom. The van der Waals surface area contributed by atoms with Crippen LogP contribution in [-0.2, 0) is 0 Å². The maximum absolute atomic E-state index is 12.8. The highest BCUT2D eigenvalue weighted by molar-refractivity contribution is 7.71. The fourth-order valence-corrected chi connectivity index (χ4v) is 4.37. The SMILES string of the molecule is CC1(N2CCC2)C=CC=CC(C(c2c([O-])[nH]c(=S)[nH]c2=O)c2c(O)[nH]c(=S)[nH]c2=O)=C1. The van der Waals surface area contributed by atoms with Crippen molar-refractivity contribution in [2.45, 2.75) is 24.8 Å². The summed E-state index contributed by atoms with van der Waals surface area (Å²) in [4.78, 5) is 37.6. The minimum absolute atomic E-state index is 0.0776. The average molecular weight is 459 g/mol. The van der Waals surface area contributed by atoms with Crippen molar-refractivity contribution < 1.29 is 10.2 Å². The lowest BCUT2D eigenvalue weighted by Crippen LogP contribution is -2.51. The molecule has 0 bridgehead atoms. The molecular formula is C20H20N5O4S2-. The molecule has 2 aromatic heterocycles. The number of H-pyrrole nitrogens is 4. The summed E-state index contributed by atoms with van der Waals surface area (Å²) in [6.45, 7) is 3.80. The van der Waals surface area contributed by atoms with Crippen LogP contribution in [0.25, 0.3) is 0 Å². The number of nitrogens with one attached hydrogen (secondary N) is 4. The molecule has 1 fully saturated rings. The second-order valence-electron chi connectivity index (χ2n) is 7.68. The lowest BCUT2D eigenvalue weighted by Gasteiger charge is -2.44. The second kappa shape index (κ2) is 7.91. The van der Waals surface area contributed by atoms with Gasteiger partial charge in [0.1, 0.15) is 0 Å². The summed E-state index contributed by atoms with van der Waals surface area (Å²) < 4.78 is -0.202. The molecule has 4 rings (SSSR count). The fourth-order valence-electron chi connectivity index (χ4n) is 3.99. The normalized spacial score (nSPS) is 21.9. The van der Waals surface area contributed by atoms with E-state index in [9.17, 15) is 19.8 Å². The first kappa shape index (κ1) is 21.2. The van der Waals surface area contributed by atoms with Crippen LogP contribution >= 0.6 is 24.4 Å². The molecule has 0 amide bonds. The largest absolute Gasteiger partial charge is 0.860 e. The van der Waals surface area contributed by atoms with Crippen LogP contribution in [0.5, 0.6) is 11.8 Å². The van der Waals surface area contributed by atoms with Crippen LogP contribution < -0.4 is 16.2 Å². The van der Waals surface area contributed by atoms with E-state index in [4.69, 9.17) is 24.4 Å². The van der Waals surface area contributed by atoms with Gasteiger partial charge >= 0.3 is 0 Å². The number of nitrogens with zero attached hydrogens (tertiary/aromatic N) is 1. The first-order valence-corrected chi connectivity index (χ1v) is 10.4. The van der Waals surface area contributed by atoms with E-state index in [1.165, 1.54) is 0 Å². The van der Waals surface area contributed by atoms with Gasteiger partial charge in [-0.05, 0) is 49.2 Å². The third-order valence-corrected chi connectivity index (χ3v) is 6.05. The molecule has 9 nitrogen and oxygen atoms in total. The first-order valence-electron chi connectivity index (χ1n) is 9.62. The van der Waals surface area contributed by atoms with Gasteiger partial charge < -0.3 is 20.2 Å². The van der Waals surface area contributed by atoms with Gasteiger partial charge in [0.2, 0.25) is 0 Å². The van der Waals surface area contributed by atoms with Gasteiger partial charge in [-0.1, -0.05) is 30.4 Å². The highest BCUT2D eigenvalue weighted by Crippen LogP contribution is 2.38. The van der Waals surface area contributed by atoms with Gasteiger partial charge in [0.15, 0.2) is 15.4 Å². The van der Waals surface area contributed by atoms with Crippen LogP contribution in [0.15, 0.2) is 45.5 Å². The Kier molecular flexibility index (Phi) is 5.42. The third-order valence-electron chi connectivity index (χ3n) is 5.64. The molecule has 0 saturated carbocycles. The molecule has 11 heteroatoms. The maximum Gasteiger partial charge on any atom is 0.259 e. The van der Waals surface area contributed by atoms with Gasteiger partial charge in [0, 0.05) is 18.7 Å². The number of likely N-dealkylation sites (tertiary alicyclic amines) is 1. The average Bonchev–Trinajstić information content (AvgIpc) is 2.79. The van der Waals surface area contributed by atoms with E-state index in [-0.39, 0.29) is 20.7 Å². The van der Waals surface area contributed by atoms with E-state index in [0.29, 0.717) is 5.57 Å². The predicted octanol–water partition coefficient (Wildman–Crippen LogP) is 1.61. The van der Waals surface area contributed by atoms with Crippen molar-refractivity contribution in [3.63, 3.8) is 0 Å². The molecule has 2 atom stereocenters. The summed E-state index contributed by atoms with van der Waals surface area (Å²) in [6, 6.07) is 0. The highest BCUT2D eigenvalue weighted by Gasteiger charge is 2.35. The van der Waals surface area contributed by atoms with Crippen molar-refractivity contribution in [1.82, 2.24) is 24.8 Å². The minimum Gasteiger partial charge on any atom is -0.860 e. The van der Waals surface area contributed by atoms with Crippen LogP contribution in [-0.4, -0.2) is 48.6 Å².